The van der Waals surface area contributed by atoms with Crippen LogP contribution in [0.5, 0.6) is 0 Å². The third-order valence-electron chi connectivity index (χ3n) is 4.50. The molecule has 2 saturated heterocycles. The molecule has 0 saturated carbocycles. The molecule has 3 heterocycles. The minimum Gasteiger partial charge on any atom is -0.372 e. The number of carbonyl (C=O) groups excluding carboxylic acids is 1. The van der Waals surface area contributed by atoms with Crippen molar-refractivity contribution in [3.8, 4) is 0 Å². The summed E-state index contributed by atoms with van der Waals surface area (Å²) >= 11 is 0. The monoisotopic (exact) mass is 290 g/mol. The Bertz CT molecular complexity index is 484. The number of amides is 1. The number of pyridine rings is 1. The van der Waals surface area contributed by atoms with E-state index in [0.717, 1.165) is 37.9 Å². The maximum Gasteiger partial charge on any atom is 0.219 e. The van der Waals surface area contributed by atoms with Gasteiger partial charge in [-0.25, -0.2) is 0 Å². The zero-order chi connectivity index (χ0) is 14.7. The molecule has 114 valence electrons. The van der Waals surface area contributed by atoms with Crippen molar-refractivity contribution in [2.45, 2.75) is 44.5 Å². The van der Waals surface area contributed by atoms with Crippen LogP contribution in [0.15, 0.2) is 24.5 Å². The summed E-state index contributed by atoms with van der Waals surface area (Å²) in [5.74, 6) is 0.159. The molecule has 1 spiro atoms. The molecule has 5 heteroatoms. The molecule has 0 unspecified atom stereocenters. The Morgan fingerprint density at radius 1 is 1.52 bits per heavy atom. The smallest absolute Gasteiger partial charge is 0.219 e. The highest BCUT2D eigenvalue weighted by Crippen LogP contribution is 2.37. The molecule has 0 N–H and O–H groups in total. The normalized spacial score (nSPS) is 24.4. The molecule has 1 amide bonds. The number of rotatable bonds is 3. The second kappa shape index (κ2) is 6.12. The highest BCUT2D eigenvalue weighted by Gasteiger charge is 2.43. The van der Waals surface area contributed by atoms with Crippen molar-refractivity contribution in [1.82, 2.24) is 9.88 Å². The molecular weight excluding hydrogens is 268 g/mol. The van der Waals surface area contributed by atoms with Gasteiger partial charge in [-0.2, -0.15) is 0 Å². The zero-order valence-corrected chi connectivity index (χ0v) is 12.5. The van der Waals surface area contributed by atoms with Crippen LogP contribution in [0.3, 0.4) is 0 Å². The molecule has 3 rings (SSSR count). The molecule has 2 aliphatic rings. The summed E-state index contributed by atoms with van der Waals surface area (Å²) < 4.78 is 12.0. The van der Waals surface area contributed by atoms with Gasteiger partial charge in [-0.05, 0) is 24.5 Å². The summed E-state index contributed by atoms with van der Waals surface area (Å²) in [5, 5.41) is 0. The molecular formula is C16H22N2O3. The van der Waals surface area contributed by atoms with Crippen LogP contribution in [0, 0.1) is 0 Å². The van der Waals surface area contributed by atoms with E-state index in [1.807, 2.05) is 23.2 Å². The summed E-state index contributed by atoms with van der Waals surface area (Å²) in [5.41, 5.74) is 1.01. The number of hydrogen-bond acceptors (Lipinski definition) is 4. The number of likely N-dealkylation sites (tertiary alicyclic amines) is 1. The summed E-state index contributed by atoms with van der Waals surface area (Å²) in [4.78, 5) is 17.4. The predicted octanol–water partition coefficient (Wildman–Crippen LogP) is 1.77. The maximum absolute atomic E-state index is 11.4. The SMILES string of the molecule is CC(=O)N1CCC2(CC1)C[C@H](OCc1cccnc1)CO2. The first-order valence-corrected chi connectivity index (χ1v) is 7.57. The molecule has 21 heavy (non-hydrogen) atoms. The van der Waals surface area contributed by atoms with Crippen LogP contribution >= 0.6 is 0 Å². The van der Waals surface area contributed by atoms with E-state index in [-0.39, 0.29) is 17.6 Å². The Morgan fingerprint density at radius 3 is 3.00 bits per heavy atom. The molecule has 1 aromatic rings. The van der Waals surface area contributed by atoms with Crippen molar-refractivity contribution in [2.75, 3.05) is 19.7 Å². The molecule has 2 fully saturated rings. The van der Waals surface area contributed by atoms with Crippen LogP contribution in [0.25, 0.3) is 0 Å². The third-order valence-corrected chi connectivity index (χ3v) is 4.50. The van der Waals surface area contributed by atoms with Crippen molar-refractivity contribution >= 4 is 5.91 Å². The van der Waals surface area contributed by atoms with E-state index in [2.05, 4.69) is 4.98 Å². The average molecular weight is 290 g/mol. The predicted molar refractivity (Wildman–Crippen MR) is 77.6 cm³/mol. The Balaban J connectivity index is 1.48. The largest absolute Gasteiger partial charge is 0.372 e. The second-order valence-electron chi connectivity index (χ2n) is 6.00. The molecule has 0 bridgehead atoms. The lowest BCUT2D eigenvalue weighted by Gasteiger charge is -2.38. The van der Waals surface area contributed by atoms with Gasteiger partial charge >= 0.3 is 0 Å². The summed E-state index contributed by atoms with van der Waals surface area (Å²) in [6, 6.07) is 3.94. The molecule has 0 aromatic carbocycles. The van der Waals surface area contributed by atoms with E-state index in [0.29, 0.717) is 13.2 Å². The maximum atomic E-state index is 11.4. The lowest BCUT2D eigenvalue weighted by atomic mass is 9.88. The molecule has 0 radical (unpaired) electrons. The highest BCUT2D eigenvalue weighted by atomic mass is 16.6. The first-order valence-electron chi connectivity index (χ1n) is 7.57. The van der Waals surface area contributed by atoms with Gasteiger partial charge < -0.3 is 14.4 Å². The van der Waals surface area contributed by atoms with E-state index in [1.54, 1.807) is 13.1 Å². The molecule has 2 aliphatic heterocycles. The van der Waals surface area contributed by atoms with E-state index in [9.17, 15) is 4.79 Å². The van der Waals surface area contributed by atoms with Crippen molar-refractivity contribution in [2.24, 2.45) is 0 Å². The van der Waals surface area contributed by atoms with E-state index in [1.165, 1.54) is 0 Å². The summed E-state index contributed by atoms with van der Waals surface area (Å²) in [7, 11) is 0. The summed E-state index contributed by atoms with van der Waals surface area (Å²) in [6.45, 7) is 4.46. The van der Waals surface area contributed by atoms with Gasteiger partial charge in [0.25, 0.3) is 0 Å². The van der Waals surface area contributed by atoms with E-state index < -0.39 is 0 Å². The minimum absolute atomic E-state index is 0.0778. The lowest BCUT2D eigenvalue weighted by molar-refractivity contribution is -0.133. The third kappa shape index (κ3) is 3.41. The van der Waals surface area contributed by atoms with Crippen LogP contribution in [0.1, 0.15) is 31.7 Å². The first kappa shape index (κ1) is 14.5. The number of piperidine rings is 1. The zero-order valence-electron chi connectivity index (χ0n) is 12.5. The highest BCUT2D eigenvalue weighted by molar-refractivity contribution is 5.73. The number of nitrogens with zero attached hydrogens (tertiary/aromatic N) is 2. The Labute approximate surface area is 125 Å². The Hall–Kier alpha value is -1.46. The number of carbonyl (C=O) groups is 1. The van der Waals surface area contributed by atoms with Gasteiger partial charge in [-0.1, -0.05) is 6.07 Å². The molecule has 0 aliphatic carbocycles. The van der Waals surface area contributed by atoms with Crippen LogP contribution in [-0.2, 0) is 20.9 Å². The van der Waals surface area contributed by atoms with Crippen LogP contribution in [-0.4, -0.2) is 47.2 Å². The van der Waals surface area contributed by atoms with Gasteiger partial charge in [0.1, 0.15) is 0 Å². The fourth-order valence-corrected chi connectivity index (χ4v) is 3.18. The van der Waals surface area contributed by atoms with Gasteiger partial charge in [-0.15, -0.1) is 0 Å². The van der Waals surface area contributed by atoms with Crippen LogP contribution in [0.4, 0.5) is 0 Å². The van der Waals surface area contributed by atoms with E-state index in [4.69, 9.17) is 9.47 Å². The summed E-state index contributed by atoms with van der Waals surface area (Å²) in [6.07, 6.45) is 6.50. The minimum atomic E-state index is -0.0778. The van der Waals surface area contributed by atoms with Gasteiger partial charge in [0.15, 0.2) is 0 Å². The number of hydrogen-bond donors (Lipinski definition) is 0. The van der Waals surface area contributed by atoms with Crippen LogP contribution < -0.4 is 0 Å². The fraction of sp³-hybridized carbons (Fsp3) is 0.625. The average Bonchev–Trinajstić information content (AvgIpc) is 2.90. The number of ether oxygens (including phenoxy) is 2. The Kier molecular flexibility index (Phi) is 4.22. The second-order valence-corrected chi connectivity index (χ2v) is 6.00. The molecule has 1 atom stereocenters. The topological polar surface area (TPSA) is 51.7 Å². The molecule has 1 aromatic heterocycles. The quantitative estimate of drug-likeness (QED) is 0.851. The van der Waals surface area contributed by atoms with Gasteiger partial charge in [0.2, 0.25) is 5.91 Å². The van der Waals surface area contributed by atoms with E-state index >= 15 is 0 Å². The Morgan fingerprint density at radius 2 is 2.33 bits per heavy atom. The lowest BCUT2D eigenvalue weighted by Crippen LogP contribution is -2.45. The van der Waals surface area contributed by atoms with Crippen molar-refractivity contribution in [1.29, 1.82) is 0 Å². The molecule has 5 nitrogen and oxygen atoms in total. The van der Waals surface area contributed by atoms with Crippen molar-refractivity contribution < 1.29 is 14.3 Å². The van der Waals surface area contributed by atoms with Gasteiger partial charge in [0.05, 0.1) is 24.9 Å². The number of aromatic nitrogens is 1. The van der Waals surface area contributed by atoms with Crippen molar-refractivity contribution in [3.63, 3.8) is 0 Å². The van der Waals surface area contributed by atoms with Gasteiger partial charge in [0, 0.05) is 38.8 Å². The standard InChI is InChI=1S/C16H22N2O3/c1-13(19)18-7-4-16(5-8-18)9-15(12-21-16)20-11-14-3-2-6-17-10-14/h2-3,6,10,15H,4-5,7-9,11-12H2,1H3/t15-/m0/s1. The van der Waals surface area contributed by atoms with Crippen molar-refractivity contribution in [3.05, 3.63) is 30.1 Å². The van der Waals surface area contributed by atoms with Crippen LogP contribution in [0.2, 0.25) is 0 Å². The van der Waals surface area contributed by atoms with Gasteiger partial charge in [-0.3, -0.25) is 9.78 Å². The fourth-order valence-electron chi connectivity index (χ4n) is 3.18. The first-order chi connectivity index (χ1) is 10.2.